The van der Waals surface area contributed by atoms with Crippen LogP contribution in [0.1, 0.15) is 41.0 Å². The first-order chi connectivity index (χ1) is 13.0. The summed E-state index contributed by atoms with van der Waals surface area (Å²) in [6.07, 6.45) is 2.63. The normalized spacial score (nSPS) is 23.6. The second kappa shape index (κ2) is 7.64. The first-order valence-electron chi connectivity index (χ1n) is 10.0. The Labute approximate surface area is 162 Å². The first kappa shape index (κ1) is 18.5. The van der Waals surface area contributed by atoms with Crippen molar-refractivity contribution in [2.75, 3.05) is 26.7 Å². The minimum Gasteiger partial charge on any atom is -0.496 e. The van der Waals surface area contributed by atoms with Gasteiger partial charge in [0.25, 0.3) is 0 Å². The monoisotopic (exact) mass is 369 g/mol. The van der Waals surface area contributed by atoms with E-state index in [4.69, 9.17) is 9.26 Å². The zero-order valence-corrected chi connectivity index (χ0v) is 17.0. The van der Waals surface area contributed by atoms with E-state index in [0.29, 0.717) is 6.04 Å². The molecule has 0 aliphatic carbocycles. The van der Waals surface area contributed by atoms with Gasteiger partial charge in [-0.2, -0.15) is 0 Å². The van der Waals surface area contributed by atoms with E-state index in [0.717, 1.165) is 42.8 Å². The van der Waals surface area contributed by atoms with Gasteiger partial charge in [0.1, 0.15) is 11.5 Å². The quantitative estimate of drug-likeness (QED) is 0.804. The fraction of sp³-hybridized carbons (Fsp3) is 0.591. The van der Waals surface area contributed by atoms with Gasteiger partial charge in [0, 0.05) is 49.9 Å². The van der Waals surface area contributed by atoms with Crippen LogP contribution in [0.25, 0.3) is 0 Å². The number of piperidine rings is 1. The van der Waals surface area contributed by atoms with E-state index >= 15 is 0 Å². The lowest BCUT2D eigenvalue weighted by atomic mass is 9.94. The summed E-state index contributed by atoms with van der Waals surface area (Å²) in [4.78, 5) is 5.29. The van der Waals surface area contributed by atoms with Crippen LogP contribution < -0.4 is 4.74 Å². The van der Waals surface area contributed by atoms with Crippen molar-refractivity contribution in [3.63, 3.8) is 0 Å². The Morgan fingerprint density at radius 3 is 2.70 bits per heavy atom. The minimum atomic E-state index is 0.607. The second-order valence-electron chi connectivity index (χ2n) is 8.34. The number of ether oxygens (including phenoxy) is 1. The van der Waals surface area contributed by atoms with Crippen molar-refractivity contribution in [2.24, 2.45) is 5.92 Å². The lowest BCUT2D eigenvalue weighted by Crippen LogP contribution is -2.43. The zero-order valence-electron chi connectivity index (χ0n) is 17.0. The topological polar surface area (TPSA) is 41.7 Å². The van der Waals surface area contributed by atoms with Crippen LogP contribution in [0.3, 0.4) is 0 Å². The molecular formula is C22H31N3O2. The molecule has 5 rings (SSSR count). The van der Waals surface area contributed by atoms with Gasteiger partial charge in [-0.15, -0.1) is 0 Å². The maximum absolute atomic E-state index is 5.64. The molecule has 4 heterocycles. The summed E-state index contributed by atoms with van der Waals surface area (Å²) < 4.78 is 11.0. The number of fused-ring (bicyclic) bond motifs is 4. The molecule has 2 aromatic rings. The number of rotatable bonds is 5. The van der Waals surface area contributed by atoms with E-state index in [9.17, 15) is 0 Å². The van der Waals surface area contributed by atoms with Crippen LogP contribution in [0.4, 0.5) is 0 Å². The molecule has 1 aromatic carbocycles. The fourth-order valence-corrected chi connectivity index (χ4v) is 4.75. The maximum atomic E-state index is 5.64. The molecule has 2 atom stereocenters. The second-order valence-corrected chi connectivity index (χ2v) is 8.34. The van der Waals surface area contributed by atoms with E-state index in [2.05, 4.69) is 40.1 Å². The molecule has 3 aliphatic rings. The van der Waals surface area contributed by atoms with Gasteiger partial charge in [0.2, 0.25) is 0 Å². The van der Waals surface area contributed by atoms with Crippen LogP contribution in [-0.2, 0) is 13.1 Å². The summed E-state index contributed by atoms with van der Waals surface area (Å²) >= 11 is 0. The molecule has 5 heteroatoms. The third kappa shape index (κ3) is 3.90. The van der Waals surface area contributed by atoms with E-state index in [-0.39, 0.29) is 0 Å². The molecule has 146 valence electrons. The predicted octanol–water partition coefficient (Wildman–Crippen LogP) is 3.70. The summed E-state index contributed by atoms with van der Waals surface area (Å²) in [5.41, 5.74) is 4.85. The molecule has 0 unspecified atom stereocenters. The van der Waals surface area contributed by atoms with Gasteiger partial charge in [-0.1, -0.05) is 17.3 Å². The van der Waals surface area contributed by atoms with Crippen LogP contribution in [0.15, 0.2) is 22.7 Å². The number of nitrogens with zero attached hydrogens (tertiary/aromatic N) is 3. The third-order valence-corrected chi connectivity index (χ3v) is 6.28. The van der Waals surface area contributed by atoms with Crippen LogP contribution in [0.2, 0.25) is 0 Å². The van der Waals surface area contributed by atoms with Gasteiger partial charge < -0.3 is 9.26 Å². The minimum absolute atomic E-state index is 0.607. The van der Waals surface area contributed by atoms with Gasteiger partial charge in [0.05, 0.1) is 12.8 Å². The average Bonchev–Trinajstić information content (AvgIpc) is 2.82. The molecule has 3 fully saturated rings. The molecule has 3 aliphatic heterocycles. The molecule has 0 saturated carbocycles. The summed E-state index contributed by atoms with van der Waals surface area (Å²) in [7, 11) is 1.78. The number of methoxy groups -OCH3 is 1. The van der Waals surface area contributed by atoms with Crippen LogP contribution >= 0.6 is 0 Å². The maximum Gasteiger partial charge on any atom is 0.138 e. The lowest BCUT2D eigenvalue weighted by Gasteiger charge is -2.36. The number of aromatic nitrogens is 1. The van der Waals surface area contributed by atoms with Crippen molar-refractivity contribution in [2.45, 2.75) is 52.7 Å². The molecular weight excluding hydrogens is 338 g/mol. The van der Waals surface area contributed by atoms with E-state index in [1.165, 1.54) is 42.6 Å². The summed E-state index contributed by atoms with van der Waals surface area (Å²) in [5, 5.41) is 4.13. The molecule has 27 heavy (non-hydrogen) atoms. The molecule has 0 N–H and O–H groups in total. The highest BCUT2D eigenvalue weighted by Gasteiger charge is 2.35. The van der Waals surface area contributed by atoms with Gasteiger partial charge in [-0.25, -0.2) is 0 Å². The summed E-state index contributed by atoms with van der Waals surface area (Å²) in [6, 6.07) is 7.18. The molecule has 1 aromatic heterocycles. The fourth-order valence-electron chi connectivity index (χ4n) is 4.75. The zero-order chi connectivity index (χ0) is 19.0. The van der Waals surface area contributed by atoms with E-state index < -0.39 is 0 Å². The van der Waals surface area contributed by atoms with Gasteiger partial charge >= 0.3 is 0 Å². The van der Waals surface area contributed by atoms with Crippen molar-refractivity contribution in [1.82, 2.24) is 15.0 Å². The van der Waals surface area contributed by atoms with Crippen molar-refractivity contribution in [3.05, 3.63) is 46.3 Å². The van der Waals surface area contributed by atoms with Gasteiger partial charge in [-0.3, -0.25) is 9.80 Å². The van der Waals surface area contributed by atoms with Gasteiger partial charge in [0.15, 0.2) is 0 Å². The largest absolute Gasteiger partial charge is 0.496 e. The molecule has 2 bridgehead atoms. The molecule has 0 amide bonds. The summed E-state index contributed by atoms with van der Waals surface area (Å²) in [6.45, 7) is 11.6. The van der Waals surface area contributed by atoms with Crippen molar-refractivity contribution in [1.29, 1.82) is 0 Å². The Morgan fingerprint density at radius 1 is 1.11 bits per heavy atom. The molecule has 5 nitrogen and oxygen atoms in total. The Morgan fingerprint density at radius 2 is 1.96 bits per heavy atom. The Hall–Kier alpha value is -1.85. The number of benzene rings is 1. The summed E-state index contributed by atoms with van der Waals surface area (Å²) in [5.74, 6) is 2.72. The molecule has 0 radical (unpaired) electrons. The van der Waals surface area contributed by atoms with E-state index in [1.54, 1.807) is 7.11 Å². The lowest BCUT2D eigenvalue weighted by molar-refractivity contribution is 0.122. The molecule has 0 spiro atoms. The highest BCUT2D eigenvalue weighted by Crippen LogP contribution is 2.32. The van der Waals surface area contributed by atoms with Crippen molar-refractivity contribution >= 4 is 0 Å². The number of hydrogen-bond donors (Lipinski definition) is 0. The highest BCUT2D eigenvalue weighted by atomic mass is 16.5. The average molecular weight is 370 g/mol. The van der Waals surface area contributed by atoms with Gasteiger partial charge in [-0.05, 0) is 51.2 Å². The Balaban J connectivity index is 1.48. The van der Waals surface area contributed by atoms with Crippen molar-refractivity contribution < 1.29 is 9.26 Å². The van der Waals surface area contributed by atoms with Crippen LogP contribution in [0.5, 0.6) is 5.75 Å². The van der Waals surface area contributed by atoms with Crippen molar-refractivity contribution in [3.8, 4) is 5.75 Å². The Kier molecular flexibility index (Phi) is 5.24. The third-order valence-electron chi connectivity index (χ3n) is 6.28. The SMILES string of the molecule is COc1cc(C)ccc1CN1C[C@@H]2CC[C@H]1CN(Cc1c(C)noc1C)C2. The van der Waals surface area contributed by atoms with Crippen LogP contribution in [-0.4, -0.2) is 47.7 Å². The van der Waals surface area contributed by atoms with Crippen LogP contribution in [0, 0.1) is 26.7 Å². The number of aryl methyl sites for hydroxylation is 3. The predicted molar refractivity (Wildman–Crippen MR) is 106 cm³/mol. The van der Waals surface area contributed by atoms with E-state index in [1.807, 2.05) is 13.8 Å². The molecule has 3 saturated heterocycles. The highest BCUT2D eigenvalue weighted by molar-refractivity contribution is 5.37. The number of hydrogen-bond acceptors (Lipinski definition) is 5. The Bertz CT molecular complexity index is 781. The smallest absolute Gasteiger partial charge is 0.138 e. The first-order valence-corrected chi connectivity index (χ1v) is 10.0. The standard InChI is InChI=1S/C22H31N3O2/c1-15-5-7-19(22(9-15)26-4)12-25-11-18-6-8-20(25)13-24(10-18)14-21-16(2)23-27-17(21)3/h5,7,9,18,20H,6,8,10-14H2,1-4H3/t18-,20+/m1/s1.